The highest BCUT2D eigenvalue weighted by Crippen LogP contribution is 2.34. The van der Waals surface area contributed by atoms with E-state index in [4.69, 9.17) is 5.10 Å². The van der Waals surface area contributed by atoms with Crippen molar-refractivity contribution in [1.82, 2.24) is 28.5 Å². The van der Waals surface area contributed by atoms with Crippen LogP contribution in [0.3, 0.4) is 0 Å². The van der Waals surface area contributed by atoms with Gasteiger partial charge in [-0.2, -0.15) is 5.10 Å². The summed E-state index contributed by atoms with van der Waals surface area (Å²) in [7, 11) is 0. The standard InChI is InChI=1S/C26H18N6OS2/c1-15-7-8-16(2)30(15)21-10-12-34-24(21)18-13-23-27-11-9-19(32(23)29-18)17-14-28-26-31(25(17)33)20-5-3-4-6-22(20)35-26/h3-14H,1-2H3. The third kappa shape index (κ3) is 2.95. The molecule has 1 aromatic carbocycles. The molecule has 7 nitrogen and oxygen atoms in total. The summed E-state index contributed by atoms with van der Waals surface area (Å²) in [6.45, 7) is 4.20. The number of aromatic nitrogens is 6. The quantitative estimate of drug-likeness (QED) is 0.313. The van der Waals surface area contributed by atoms with E-state index in [0.717, 1.165) is 26.5 Å². The Kier molecular flexibility index (Phi) is 4.33. The first-order valence-corrected chi connectivity index (χ1v) is 12.8. The van der Waals surface area contributed by atoms with Gasteiger partial charge in [0.25, 0.3) is 5.56 Å². The Morgan fingerprint density at radius 3 is 2.63 bits per heavy atom. The van der Waals surface area contributed by atoms with Gasteiger partial charge in [0.2, 0.25) is 0 Å². The Morgan fingerprint density at radius 1 is 0.943 bits per heavy atom. The fourth-order valence-corrected chi connectivity index (χ4v) is 6.47. The van der Waals surface area contributed by atoms with Crippen molar-refractivity contribution in [2.24, 2.45) is 0 Å². The van der Waals surface area contributed by atoms with Crippen molar-refractivity contribution < 1.29 is 0 Å². The number of aryl methyl sites for hydroxylation is 2. The molecule has 0 atom stereocenters. The molecule has 0 saturated carbocycles. The molecule has 0 aliphatic heterocycles. The zero-order valence-corrected chi connectivity index (χ0v) is 20.5. The first kappa shape index (κ1) is 20.3. The monoisotopic (exact) mass is 494 g/mol. The number of para-hydroxylation sites is 1. The summed E-state index contributed by atoms with van der Waals surface area (Å²) >= 11 is 3.15. The van der Waals surface area contributed by atoms with Gasteiger partial charge in [0, 0.05) is 29.8 Å². The first-order valence-electron chi connectivity index (χ1n) is 11.1. The van der Waals surface area contributed by atoms with Crippen LogP contribution in [-0.4, -0.2) is 28.5 Å². The van der Waals surface area contributed by atoms with E-state index in [9.17, 15) is 4.79 Å². The number of benzene rings is 1. The minimum Gasteiger partial charge on any atom is -0.317 e. The fraction of sp³-hybridized carbons (Fsp3) is 0.0769. The molecule has 0 spiro atoms. The Bertz CT molecular complexity index is 1950. The smallest absolute Gasteiger partial charge is 0.268 e. The molecule has 0 aliphatic carbocycles. The molecule has 7 aromatic rings. The van der Waals surface area contributed by atoms with Crippen LogP contribution in [-0.2, 0) is 0 Å². The molecule has 7 rings (SSSR count). The van der Waals surface area contributed by atoms with Gasteiger partial charge < -0.3 is 4.57 Å². The van der Waals surface area contributed by atoms with Crippen LogP contribution >= 0.6 is 22.7 Å². The lowest BCUT2D eigenvalue weighted by atomic mass is 10.2. The fourth-order valence-electron chi connectivity index (χ4n) is 4.66. The van der Waals surface area contributed by atoms with E-state index < -0.39 is 0 Å². The van der Waals surface area contributed by atoms with Gasteiger partial charge in [-0.15, -0.1) is 11.3 Å². The second-order valence-electron chi connectivity index (χ2n) is 8.38. The van der Waals surface area contributed by atoms with Crippen LogP contribution in [0.2, 0.25) is 0 Å². The van der Waals surface area contributed by atoms with E-state index in [1.165, 1.54) is 22.7 Å². The SMILES string of the molecule is Cc1ccc(C)n1-c1ccsc1-c1cc2nccc(-c3cnc4sc5ccccc5n4c3=O)n2n1. The van der Waals surface area contributed by atoms with Crippen molar-refractivity contribution >= 4 is 43.5 Å². The van der Waals surface area contributed by atoms with Gasteiger partial charge >= 0.3 is 0 Å². The maximum absolute atomic E-state index is 13.6. The van der Waals surface area contributed by atoms with Gasteiger partial charge in [-0.05, 0) is 55.6 Å². The molecule has 0 bridgehead atoms. The molecule has 6 heterocycles. The lowest BCUT2D eigenvalue weighted by Gasteiger charge is -2.09. The van der Waals surface area contributed by atoms with Gasteiger partial charge in [-0.25, -0.2) is 14.5 Å². The summed E-state index contributed by atoms with van der Waals surface area (Å²) in [6, 6.07) is 18.0. The van der Waals surface area contributed by atoms with Crippen molar-refractivity contribution in [3.05, 3.63) is 94.1 Å². The van der Waals surface area contributed by atoms with E-state index >= 15 is 0 Å². The third-order valence-electron chi connectivity index (χ3n) is 6.26. The molecule has 0 fully saturated rings. The minimum absolute atomic E-state index is 0.118. The van der Waals surface area contributed by atoms with E-state index in [2.05, 4.69) is 52.0 Å². The van der Waals surface area contributed by atoms with Crippen molar-refractivity contribution in [3.8, 4) is 27.5 Å². The second-order valence-corrected chi connectivity index (χ2v) is 10.3. The van der Waals surface area contributed by atoms with Gasteiger partial charge in [-0.3, -0.25) is 9.20 Å². The third-order valence-corrected chi connectivity index (χ3v) is 8.22. The zero-order chi connectivity index (χ0) is 23.7. The number of fused-ring (bicyclic) bond motifs is 4. The molecule has 0 saturated heterocycles. The summed E-state index contributed by atoms with van der Waals surface area (Å²) in [6.07, 6.45) is 3.36. The molecule has 0 radical (unpaired) electrons. The van der Waals surface area contributed by atoms with Crippen LogP contribution in [0.15, 0.2) is 77.2 Å². The van der Waals surface area contributed by atoms with Gasteiger partial charge in [0.05, 0.1) is 32.0 Å². The van der Waals surface area contributed by atoms with Crippen molar-refractivity contribution in [3.63, 3.8) is 0 Å². The van der Waals surface area contributed by atoms with Crippen LogP contribution in [0, 0.1) is 13.8 Å². The van der Waals surface area contributed by atoms with Crippen LogP contribution in [0.5, 0.6) is 0 Å². The molecule has 0 amide bonds. The highest BCUT2D eigenvalue weighted by molar-refractivity contribution is 7.23. The predicted octanol–water partition coefficient (Wildman–Crippen LogP) is 5.75. The van der Waals surface area contributed by atoms with Gasteiger partial charge in [-0.1, -0.05) is 23.5 Å². The molecule has 6 aromatic heterocycles. The van der Waals surface area contributed by atoms with Crippen LogP contribution < -0.4 is 5.56 Å². The Labute approximate surface area is 207 Å². The summed E-state index contributed by atoms with van der Waals surface area (Å²) < 4.78 is 6.68. The molecule has 0 aliphatic rings. The molecule has 0 unspecified atom stereocenters. The largest absolute Gasteiger partial charge is 0.317 e. The average molecular weight is 495 g/mol. The van der Waals surface area contributed by atoms with Crippen molar-refractivity contribution in [2.45, 2.75) is 13.8 Å². The summed E-state index contributed by atoms with van der Waals surface area (Å²) in [4.78, 5) is 24.5. The molecule has 0 N–H and O–H groups in total. The Hall–Kier alpha value is -4.08. The van der Waals surface area contributed by atoms with Gasteiger partial charge in [0.15, 0.2) is 10.6 Å². The molecule has 9 heteroatoms. The van der Waals surface area contributed by atoms with Gasteiger partial charge in [0.1, 0.15) is 5.69 Å². The summed E-state index contributed by atoms with van der Waals surface area (Å²) in [5.41, 5.74) is 6.81. The van der Waals surface area contributed by atoms with E-state index in [0.29, 0.717) is 21.9 Å². The van der Waals surface area contributed by atoms with E-state index in [1.54, 1.807) is 32.6 Å². The van der Waals surface area contributed by atoms with Crippen LogP contribution in [0.4, 0.5) is 0 Å². The van der Waals surface area contributed by atoms with E-state index in [1.807, 2.05) is 36.4 Å². The minimum atomic E-state index is -0.118. The Morgan fingerprint density at radius 2 is 1.77 bits per heavy atom. The van der Waals surface area contributed by atoms with Crippen LogP contribution in [0.1, 0.15) is 11.4 Å². The first-order chi connectivity index (χ1) is 17.1. The number of rotatable bonds is 3. The maximum atomic E-state index is 13.6. The number of nitrogens with zero attached hydrogens (tertiary/aromatic N) is 6. The van der Waals surface area contributed by atoms with E-state index in [-0.39, 0.29) is 5.56 Å². The summed E-state index contributed by atoms with van der Waals surface area (Å²) in [5, 5.41) is 6.99. The molecule has 170 valence electrons. The predicted molar refractivity (Wildman–Crippen MR) is 141 cm³/mol. The second kappa shape index (κ2) is 7.46. The highest BCUT2D eigenvalue weighted by atomic mass is 32.1. The number of hydrogen-bond acceptors (Lipinski definition) is 6. The normalized spacial score (nSPS) is 11.8. The topological polar surface area (TPSA) is 69.5 Å². The van der Waals surface area contributed by atoms with Crippen molar-refractivity contribution in [2.75, 3.05) is 0 Å². The van der Waals surface area contributed by atoms with Crippen molar-refractivity contribution in [1.29, 1.82) is 0 Å². The lowest BCUT2D eigenvalue weighted by Crippen LogP contribution is -2.16. The number of hydrogen-bond donors (Lipinski definition) is 0. The maximum Gasteiger partial charge on any atom is 0.268 e. The molecular weight excluding hydrogens is 476 g/mol. The lowest BCUT2D eigenvalue weighted by molar-refractivity contribution is 0.940. The zero-order valence-electron chi connectivity index (χ0n) is 18.8. The highest BCUT2D eigenvalue weighted by Gasteiger charge is 2.19. The number of thiazole rings is 1. The number of thiophene rings is 1. The molecule has 35 heavy (non-hydrogen) atoms. The Balaban J connectivity index is 1.44. The molecular formula is C26H18N6OS2. The average Bonchev–Trinajstić information content (AvgIpc) is 3.63. The summed E-state index contributed by atoms with van der Waals surface area (Å²) in [5.74, 6) is 0. The van der Waals surface area contributed by atoms with Crippen LogP contribution in [0.25, 0.3) is 48.3 Å².